The molecule has 6 heteroatoms. The highest BCUT2D eigenvalue weighted by Crippen LogP contribution is 2.37. The van der Waals surface area contributed by atoms with Crippen LogP contribution in [0.3, 0.4) is 0 Å². The number of ether oxygens (including phenoxy) is 1. The minimum atomic E-state index is -0.731. The van der Waals surface area contributed by atoms with E-state index in [1.165, 1.54) is 4.90 Å². The number of nitrogens with zero attached hydrogens (tertiary/aromatic N) is 1. The van der Waals surface area contributed by atoms with Crippen molar-refractivity contribution in [3.63, 3.8) is 0 Å². The van der Waals surface area contributed by atoms with E-state index in [0.717, 1.165) is 16.7 Å². The van der Waals surface area contributed by atoms with E-state index in [4.69, 9.17) is 4.74 Å². The highest BCUT2D eigenvalue weighted by Gasteiger charge is 2.33. The lowest BCUT2D eigenvalue weighted by Gasteiger charge is -2.28. The Morgan fingerprint density at radius 1 is 0.943 bits per heavy atom. The van der Waals surface area contributed by atoms with Gasteiger partial charge in [0.25, 0.3) is 0 Å². The Morgan fingerprint density at radius 2 is 1.54 bits per heavy atom. The second kappa shape index (κ2) is 10.1. The molecule has 1 N–H and O–H groups in total. The molecule has 1 atom stereocenters. The van der Waals surface area contributed by atoms with E-state index in [-0.39, 0.29) is 43.4 Å². The summed E-state index contributed by atoms with van der Waals surface area (Å²) in [6, 6.07) is 23.8. The smallest absolute Gasteiger partial charge is 0.338 e. The number of amides is 2. The summed E-state index contributed by atoms with van der Waals surface area (Å²) in [6.45, 7) is 4.07. The number of hydrogen-bond acceptors (Lipinski definition) is 5. The lowest BCUT2D eigenvalue weighted by atomic mass is 9.77. The van der Waals surface area contributed by atoms with Crippen LogP contribution in [0.4, 0.5) is 0 Å². The number of likely N-dealkylation sites (tertiary alicyclic amines) is 1. The van der Waals surface area contributed by atoms with Gasteiger partial charge in [0.05, 0.1) is 12.1 Å². The van der Waals surface area contributed by atoms with Crippen LogP contribution in [-0.2, 0) is 26.2 Å². The third-order valence-corrected chi connectivity index (χ3v) is 6.52. The van der Waals surface area contributed by atoms with Crippen molar-refractivity contribution >= 4 is 17.8 Å². The average molecular weight is 472 g/mol. The van der Waals surface area contributed by atoms with Crippen LogP contribution in [0, 0.1) is 0 Å². The van der Waals surface area contributed by atoms with Gasteiger partial charge in [0.1, 0.15) is 11.9 Å². The topological polar surface area (TPSA) is 83.9 Å². The van der Waals surface area contributed by atoms with Crippen molar-refractivity contribution < 1.29 is 24.2 Å². The third kappa shape index (κ3) is 5.43. The number of carbonyl (C=O) groups excluding carboxylic acids is 3. The first-order valence-electron chi connectivity index (χ1n) is 11.7. The number of phenolic OH excluding ortho intramolecular Hbond substituents is 1. The zero-order valence-electron chi connectivity index (χ0n) is 19.9. The van der Waals surface area contributed by atoms with Crippen molar-refractivity contribution in [2.24, 2.45) is 0 Å². The second-order valence-electron chi connectivity index (χ2n) is 9.34. The molecule has 0 radical (unpaired) electrons. The molecule has 35 heavy (non-hydrogen) atoms. The summed E-state index contributed by atoms with van der Waals surface area (Å²) in [7, 11) is 0. The van der Waals surface area contributed by atoms with Crippen molar-refractivity contribution in [1.29, 1.82) is 0 Å². The minimum Gasteiger partial charge on any atom is -0.508 e. The normalized spacial score (nSPS) is 14.7. The molecule has 3 aromatic rings. The molecule has 1 heterocycles. The van der Waals surface area contributed by atoms with Crippen molar-refractivity contribution in [3.8, 4) is 5.75 Å². The molecule has 180 valence electrons. The highest BCUT2D eigenvalue weighted by atomic mass is 16.5. The van der Waals surface area contributed by atoms with Gasteiger partial charge in [-0.1, -0.05) is 74.5 Å². The van der Waals surface area contributed by atoms with Crippen LogP contribution < -0.4 is 0 Å². The Bertz CT molecular complexity index is 1200. The van der Waals surface area contributed by atoms with E-state index in [0.29, 0.717) is 5.56 Å². The van der Waals surface area contributed by atoms with Gasteiger partial charge >= 0.3 is 5.97 Å². The fourth-order valence-electron chi connectivity index (χ4n) is 4.45. The summed E-state index contributed by atoms with van der Waals surface area (Å²) >= 11 is 0. The molecule has 1 saturated heterocycles. The molecular formula is C29H29NO5. The molecular weight excluding hydrogens is 442 g/mol. The van der Waals surface area contributed by atoms with Crippen LogP contribution in [0.5, 0.6) is 5.75 Å². The molecule has 1 unspecified atom stereocenters. The molecule has 0 bridgehead atoms. The molecule has 6 nitrogen and oxygen atoms in total. The number of imide groups is 1. The Balaban J connectivity index is 1.62. The van der Waals surface area contributed by atoms with Gasteiger partial charge in [-0.05, 0) is 29.3 Å². The Hall–Kier alpha value is -3.93. The van der Waals surface area contributed by atoms with Gasteiger partial charge in [-0.3, -0.25) is 14.5 Å². The Labute approximate surface area is 205 Å². The number of benzene rings is 3. The summed E-state index contributed by atoms with van der Waals surface area (Å²) in [6.07, 6.45) is -0.0983. The fourth-order valence-corrected chi connectivity index (χ4v) is 4.45. The van der Waals surface area contributed by atoms with E-state index < -0.39 is 17.5 Å². The van der Waals surface area contributed by atoms with Crippen molar-refractivity contribution in [2.45, 2.75) is 44.6 Å². The lowest BCUT2D eigenvalue weighted by Crippen LogP contribution is -2.39. The molecule has 1 aliphatic rings. The van der Waals surface area contributed by atoms with Crippen molar-refractivity contribution in [3.05, 3.63) is 101 Å². The van der Waals surface area contributed by atoms with Crippen molar-refractivity contribution in [1.82, 2.24) is 4.90 Å². The van der Waals surface area contributed by atoms with Crippen LogP contribution in [0.25, 0.3) is 0 Å². The predicted octanol–water partition coefficient (Wildman–Crippen LogP) is 4.64. The molecule has 0 aliphatic carbocycles. The molecule has 0 spiro atoms. The van der Waals surface area contributed by atoms with Crippen LogP contribution in [0.15, 0.2) is 78.9 Å². The monoisotopic (exact) mass is 471 g/mol. The summed E-state index contributed by atoms with van der Waals surface area (Å²) < 4.78 is 5.79. The summed E-state index contributed by atoms with van der Waals surface area (Å²) in [5.74, 6) is -0.858. The van der Waals surface area contributed by atoms with Crippen LogP contribution >= 0.6 is 0 Å². The first-order chi connectivity index (χ1) is 16.8. The molecule has 4 rings (SSSR count). The quantitative estimate of drug-likeness (QED) is 0.382. The van der Waals surface area contributed by atoms with E-state index in [9.17, 15) is 19.5 Å². The van der Waals surface area contributed by atoms with Crippen LogP contribution in [0.2, 0.25) is 0 Å². The number of carbonyl (C=O) groups is 3. The molecule has 2 amide bonds. The maximum atomic E-state index is 12.8. The van der Waals surface area contributed by atoms with Gasteiger partial charge in [0.15, 0.2) is 0 Å². The number of hydrogen-bond donors (Lipinski definition) is 1. The number of aromatic hydroxyl groups is 1. The first kappa shape index (κ1) is 24.2. The largest absolute Gasteiger partial charge is 0.508 e. The van der Waals surface area contributed by atoms with Crippen LogP contribution in [0.1, 0.15) is 53.7 Å². The van der Waals surface area contributed by atoms with Gasteiger partial charge in [-0.15, -0.1) is 0 Å². The van der Waals surface area contributed by atoms with E-state index in [2.05, 4.69) is 0 Å². The summed E-state index contributed by atoms with van der Waals surface area (Å²) in [4.78, 5) is 38.5. The van der Waals surface area contributed by atoms with Crippen LogP contribution in [-0.4, -0.2) is 40.4 Å². The van der Waals surface area contributed by atoms with Gasteiger partial charge in [-0.2, -0.15) is 0 Å². The molecule has 0 aromatic heterocycles. The molecule has 0 saturated carbocycles. The molecule has 3 aromatic carbocycles. The zero-order valence-corrected chi connectivity index (χ0v) is 19.9. The maximum absolute atomic E-state index is 12.8. The van der Waals surface area contributed by atoms with Gasteiger partial charge in [0, 0.05) is 30.2 Å². The Kier molecular flexibility index (Phi) is 7.01. The van der Waals surface area contributed by atoms with E-state index in [1.807, 2.05) is 56.3 Å². The molecule has 1 aliphatic heterocycles. The molecule has 1 fully saturated rings. The van der Waals surface area contributed by atoms with Gasteiger partial charge in [-0.25, -0.2) is 4.79 Å². The van der Waals surface area contributed by atoms with Gasteiger partial charge < -0.3 is 9.84 Å². The van der Waals surface area contributed by atoms with Gasteiger partial charge in [0.2, 0.25) is 11.8 Å². The Morgan fingerprint density at radius 3 is 2.17 bits per heavy atom. The second-order valence-corrected chi connectivity index (χ2v) is 9.34. The first-order valence-corrected chi connectivity index (χ1v) is 11.7. The highest BCUT2D eigenvalue weighted by molar-refractivity contribution is 6.02. The number of esters is 1. The van der Waals surface area contributed by atoms with Crippen molar-refractivity contribution in [2.75, 3.05) is 6.54 Å². The van der Waals surface area contributed by atoms with E-state index in [1.54, 1.807) is 36.4 Å². The third-order valence-electron chi connectivity index (χ3n) is 6.52. The summed E-state index contributed by atoms with van der Waals surface area (Å²) in [5, 5.41) is 10.7. The fraction of sp³-hybridized carbons (Fsp3) is 0.276. The number of phenols is 1. The standard InChI is InChI=1S/C29H29NO5/c1-29(2,22-11-7-4-8-12-22)24-18-20(13-14-25(24)31)17-23(19-30-26(32)15-16-27(30)33)35-28(34)21-9-5-3-6-10-21/h3-14,18,23,31H,15-17,19H2,1-2H3. The lowest BCUT2D eigenvalue weighted by molar-refractivity contribution is -0.140. The maximum Gasteiger partial charge on any atom is 0.338 e. The summed E-state index contributed by atoms with van der Waals surface area (Å²) in [5.41, 5.74) is 2.54. The predicted molar refractivity (Wildman–Crippen MR) is 132 cm³/mol. The zero-order chi connectivity index (χ0) is 25.0. The van der Waals surface area contributed by atoms with E-state index >= 15 is 0 Å². The SMILES string of the molecule is CC(C)(c1ccccc1)c1cc(CC(CN2C(=O)CCC2=O)OC(=O)c2ccccc2)ccc1O. The number of rotatable bonds is 8. The minimum absolute atomic E-state index is 0.00543. The average Bonchev–Trinajstić information content (AvgIpc) is 3.18.